The van der Waals surface area contributed by atoms with Gasteiger partial charge in [-0.15, -0.1) is 0 Å². The normalized spacial score (nSPS) is 13.2. The predicted molar refractivity (Wildman–Crippen MR) is 158 cm³/mol. The van der Waals surface area contributed by atoms with Crippen molar-refractivity contribution in [2.45, 2.75) is 38.8 Å². The first-order chi connectivity index (χ1) is 19.8. The van der Waals surface area contributed by atoms with Crippen molar-refractivity contribution in [2.24, 2.45) is 0 Å². The highest BCUT2D eigenvalue weighted by atomic mass is 32.2. The Balaban J connectivity index is 1.69. The molecule has 4 rings (SSSR count). The van der Waals surface area contributed by atoms with E-state index in [9.17, 15) is 18.0 Å². The zero-order valence-electron chi connectivity index (χ0n) is 23.5. The first-order valence-electron chi connectivity index (χ1n) is 13.8. The van der Waals surface area contributed by atoms with Crippen LogP contribution in [0.3, 0.4) is 0 Å². The molecule has 1 unspecified atom stereocenters. The van der Waals surface area contributed by atoms with E-state index < -0.39 is 28.5 Å². The Bertz CT molecular complexity index is 1420. The molecule has 0 saturated heterocycles. The van der Waals surface area contributed by atoms with Crippen LogP contribution in [-0.2, 0) is 32.6 Å². The lowest BCUT2D eigenvalue weighted by molar-refractivity contribution is -0.140. The van der Waals surface area contributed by atoms with Gasteiger partial charge in [0, 0.05) is 25.6 Å². The van der Waals surface area contributed by atoms with Crippen LogP contribution in [0.4, 0.5) is 5.69 Å². The van der Waals surface area contributed by atoms with Gasteiger partial charge >= 0.3 is 0 Å². The van der Waals surface area contributed by atoms with E-state index in [1.54, 1.807) is 18.2 Å². The molecule has 1 aliphatic rings. The Labute approximate surface area is 242 Å². The SMILES string of the molecule is CCCCNC(=O)C(Cc1ccccc1)N(Cc1ccccc1)C(=O)CN(c1ccc2c(c1)OCCO2)S(C)(=O)=O. The summed E-state index contributed by atoms with van der Waals surface area (Å²) < 4.78 is 38.2. The molecule has 218 valence electrons. The minimum atomic E-state index is -3.88. The number of hydrogen-bond donors (Lipinski definition) is 1. The maximum absolute atomic E-state index is 14.1. The summed E-state index contributed by atoms with van der Waals surface area (Å²) in [4.78, 5) is 29.2. The fraction of sp³-hybridized carbons (Fsp3) is 0.355. The van der Waals surface area contributed by atoms with E-state index >= 15 is 0 Å². The van der Waals surface area contributed by atoms with Crippen molar-refractivity contribution in [2.75, 3.05) is 36.9 Å². The second kappa shape index (κ2) is 14.0. The van der Waals surface area contributed by atoms with Gasteiger partial charge in [-0.3, -0.25) is 13.9 Å². The predicted octanol–water partition coefficient (Wildman–Crippen LogP) is 3.78. The van der Waals surface area contributed by atoms with E-state index in [2.05, 4.69) is 5.32 Å². The number of unbranched alkanes of at least 4 members (excludes halogenated alkanes) is 1. The minimum absolute atomic E-state index is 0.136. The highest BCUT2D eigenvalue weighted by Crippen LogP contribution is 2.34. The van der Waals surface area contributed by atoms with Crippen LogP contribution in [0.5, 0.6) is 11.5 Å². The summed E-state index contributed by atoms with van der Waals surface area (Å²) in [7, 11) is -3.88. The minimum Gasteiger partial charge on any atom is -0.486 e. The second-order valence-electron chi connectivity index (χ2n) is 9.95. The van der Waals surface area contributed by atoms with Gasteiger partial charge in [-0.1, -0.05) is 74.0 Å². The Morgan fingerprint density at radius 2 is 1.54 bits per heavy atom. The highest BCUT2D eigenvalue weighted by molar-refractivity contribution is 7.92. The molecule has 2 amide bonds. The number of fused-ring (bicyclic) bond motifs is 1. The smallest absolute Gasteiger partial charge is 0.244 e. The van der Waals surface area contributed by atoms with Gasteiger partial charge in [-0.2, -0.15) is 0 Å². The first kappa shape index (κ1) is 29.9. The number of nitrogens with one attached hydrogen (secondary N) is 1. The number of carbonyl (C=O) groups is 2. The van der Waals surface area contributed by atoms with E-state index in [1.807, 2.05) is 67.6 Å². The van der Waals surface area contributed by atoms with Crippen LogP contribution < -0.4 is 19.1 Å². The molecule has 9 nitrogen and oxygen atoms in total. The maximum atomic E-state index is 14.1. The summed E-state index contributed by atoms with van der Waals surface area (Å²) in [6, 6.07) is 22.8. The number of hydrogen-bond acceptors (Lipinski definition) is 6. The summed E-state index contributed by atoms with van der Waals surface area (Å²) in [5.41, 5.74) is 1.99. The Morgan fingerprint density at radius 1 is 0.902 bits per heavy atom. The average Bonchev–Trinajstić information content (AvgIpc) is 2.98. The van der Waals surface area contributed by atoms with E-state index in [0.29, 0.717) is 31.3 Å². The van der Waals surface area contributed by atoms with Crippen molar-refractivity contribution in [1.29, 1.82) is 0 Å². The molecule has 0 radical (unpaired) electrons. The molecule has 1 heterocycles. The Kier molecular flexibility index (Phi) is 10.2. The third kappa shape index (κ3) is 8.23. The summed E-state index contributed by atoms with van der Waals surface area (Å²) in [6.07, 6.45) is 3.05. The highest BCUT2D eigenvalue weighted by Gasteiger charge is 2.33. The van der Waals surface area contributed by atoms with Crippen molar-refractivity contribution in [3.05, 3.63) is 90.0 Å². The summed E-state index contributed by atoms with van der Waals surface area (Å²) in [6.45, 7) is 2.92. The molecule has 10 heteroatoms. The molecule has 1 N–H and O–H groups in total. The van der Waals surface area contributed by atoms with E-state index in [1.165, 1.54) is 4.90 Å². The van der Waals surface area contributed by atoms with Gasteiger partial charge in [0.2, 0.25) is 21.8 Å². The van der Waals surface area contributed by atoms with Crippen LogP contribution in [0.1, 0.15) is 30.9 Å². The Morgan fingerprint density at radius 3 is 2.17 bits per heavy atom. The summed E-state index contributed by atoms with van der Waals surface area (Å²) in [5.74, 6) is 0.142. The van der Waals surface area contributed by atoms with Gasteiger partial charge in [-0.05, 0) is 29.7 Å². The molecule has 3 aromatic rings. The maximum Gasteiger partial charge on any atom is 0.244 e. The number of benzene rings is 3. The van der Waals surface area contributed by atoms with Gasteiger partial charge in [0.1, 0.15) is 25.8 Å². The molecular formula is C31H37N3O6S. The molecule has 0 fully saturated rings. The van der Waals surface area contributed by atoms with Crippen molar-refractivity contribution >= 4 is 27.5 Å². The molecule has 0 spiro atoms. The Hall–Kier alpha value is -4.05. The number of amides is 2. The molecule has 0 bridgehead atoms. The van der Waals surface area contributed by atoms with Gasteiger partial charge in [-0.25, -0.2) is 8.42 Å². The van der Waals surface area contributed by atoms with Crippen LogP contribution in [0, 0.1) is 0 Å². The lowest BCUT2D eigenvalue weighted by atomic mass is 10.0. The zero-order chi connectivity index (χ0) is 29.2. The van der Waals surface area contributed by atoms with E-state index in [-0.39, 0.29) is 24.6 Å². The van der Waals surface area contributed by atoms with Crippen LogP contribution >= 0.6 is 0 Å². The van der Waals surface area contributed by atoms with Gasteiger partial charge in [0.05, 0.1) is 11.9 Å². The van der Waals surface area contributed by atoms with Gasteiger partial charge in [0.25, 0.3) is 0 Å². The van der Waals surface area contributed by atoms with Crippen molar-refractivity contribution in [1.82, 2.24) is 10.2 Å². The van der Waals surface area contributed by atoms with Crippen molar-refractivity contribution in [3.63, 3.8) is 0 Å². The molecule has 0 aromatic heterocycles. The fourth-order valence-electron chi connectivity index (χ4n) is 4.64. The molecule has 0 saturated carbocycles. The molecule has 1 aliphatic heterocycles. The lowest BCUT2D eigenvalue weighted by Crippen LogP contribution is -2.53. The van der Waals surface area contributed by atoms with Crippen LogP contribution in [0.15, 0.2) is 78.9 Å². The van der Waals surface area contributed by atoms with Crippen LogP contribution in [0.25, 0.3) is 0 Å². The zero-order valence-corrected chi connectivity index (χ0v) is 24.3. The third-order valence-electron chi connectivity index (χ3n) is 6.79. The van der Waals surface area contributed by atoms with Crippen molar-refractivity contribution in [3.8, 4) is 11.5 Å². The first-order valence-corrected chi connectivity index (χ1v) is 15.6. The molecule has 3 aromatic carbocycles. The quantitative estimate of drug-likeness (QED) is 0.309. The van der Waals surface area contributed by atoms with Crippen LogP contribution in [0.2, 0.25) is 0 Å². The standard InChI is InChI=1S/C31H37N3O6S/c1-3-4-17-32-31(36)27(20-24-11-7-5-8-12-24)33(22-25-13-9-6-10-14-25)30(35)23-34(41(2,37)38)26-15-16-28-29(21-26)40-19-18-39-28/h5-16,21,27H,3-4,17-20,22-23H2,1-2H3,(H,32,36). The van der Waals surface area contributed by atoms with Crippen molar-refractivity contribution < 1.29 is 27.5 Å². The molecule has 0 aliphatic carbocycles. The second-order valence-corrected chi connectivity index (χ2v) is 11.9. The fourth-order valence-corrected chi connectivity index (χ4v) is 5.48. The lowest BCUT2D eigenvalue weighted by Gasteiger charge is -2.33. The van der Waals surface area contributed by atoms with E-state index in [0.717, 1.165) is 34.5 Å². The number of rotatable bonds is 13. The van der Waals surface area contributed by atoms with Gasteiger partial charge < -0.3 is 19.7 Å². The number of nitrogens with zero attached hydrogens (tertiary/aromatic N) is 2. The molecular weight excluding hydrogens is 542 g/mol. The number of sulfonamides is 1. The number of carbonyl (C=O) groups excluding carboxylic acids is 2. The molecule has 41 heavy (non-hydrogen) atoms. The van der Waals surface area contributed by atoms with Crippen LogP contribution in [-0.4, -0.2) is 63.7 Å². The molecule has 1 atom stereocenters. The number of ether oxygens (including phenoxy) is 2. The van der Waals surface area contributed by atoms with Gasteiger partial charge in [0.15, 0.2) is 11.5 Å². The largest absolute Gasteiger partial charge is 0.486 e. The van der Waals surface area contributed by atoms with E-state index in [4.69, 9.17) is 9.47 Å². The topological polar surface area (TPSA) is 105 Å². The average molecular weight is 580 g/mol. The summed E-state index contributed by atoms with van der Waals surface area (Å²) in [5, 5.41) is 2.98. The summed E-state index contributed by atoms with van der Waals surface area (Å²) >= 11 is 0. The number of anilines is 1. The monoisotopic (exact) mass is 579 g/mol. The third-order valence-corrected chi connectivity index (χ3v) is 7.93.